The maximum absolute atomic E-state index is 4.77. The second-order valence-corrected chi connectivity index (χ2v) is 6.47. The van der Waals surface area contributed by atoms with Crippen molar-refractivity contribution in [2.24, 2.45) is 0 Å². The van der Waals surface area contributed by atoms with Gasteiger partial charge in [-0.3, -0.25) is 0 Å². The Morgan fingerprint density at radius 1 is 0.962 bits per heavy atom. The fourth-order valence-electron chi connectivity index (χ4n) is 2.96. The lowest BCUT2D eigenvalue weighted by molar-refractivity contribution is 0.800. The van der Waals surface area contributed by atoms with Crippen LogP contribution in [0.3, 0.4) is 0 Å². The van der Waals surface area contributed by atoms with E-state index < -0.39 is 0 Å². The standard InChI is InChI=1S/C22H26N4/c1-4-26(16-19-11-7-5-8-12-19)21-15-17(2)23-22(25-21)24-18(3)20-13-9-6-10-14-20/h5-15,18H,4,16H2,1-3H3,(H,23,24,25). The van der Waals surface area contributed by atoms with E-state index in [1.54, 1.807) is 0 Å². The maximum Gasteiger partial charge on any atom is 0.225 e. The molecule has 0 saturated heterocycles. The molecule has 1 atom stereocenters. The second kappa shape index (κ2) is 8.48. The van der Waals surface area contributed by atoms with Gasteiger partial charge in [0.25, 0.3) is 0 Å². The van der Waals surface area contributed by atoms with Crippen LogP contribution in [0.15, 0.2) is 66.7 Å². The van der Waals surface area contributed by atoms with Gasteiger partial charge in [-0.15, -0.1) is 0 Å². The first-order valence-corrected chi connectivity index (χ1v) is 9.11. The van der Waals surface area contributed by atoms with Crippen LogP contribution in [0.1, 0.15) is 36.7 Å². The smallest absolute Gasteiger partial charge is 0.225 e. The lowest BCUT2D eigenvalue weighted by Gasteiger charge is -2.23. The van der Waals surface area contributed by atoms with E-state index in [0.29, 0.717) is 5.95 Å². The molecule has 134 valence electrons. The minimum Gasteiger partial charge on any atom is -0.352 e. The SMILES string of the molecule is CCN(Cc1ccccc1)c1cc(C)nc(NC(C)c2ccccc2)n1. The molecule has 0 spiro atoms. The number of aromatic nitrogens is 2. The number of nitrogens with one attached hydrogen (secondary N) is 1. The average molecular weight is 346 g/mol. The first-order valence-electron chi connectivity index (χ1n) is 9.11. The molecule has 26 heavy (non-hydrogen) atoms. The number of rotatable bonds is 7. The zero-order valence-corrected chi connectivity index (χ0v) is 15.7. The highest BCUT2D eigenvalue weighted by atomic mass is 15.2. The Morgan fingerprint density at radius 2 is 1.62 bits per heavy atom. The summed E-state index contributed by atoms with van der Waals surface area (Å²) in [5.74, 6) is 1.62. The van der Waals surface area contributed by atoms with E-state index in [0.717, 1.165) is 24.6 Å². The molecule has 0 fully saturated rings. The maximum atomic E-state index is 4.77. The lowest BCUT2D eigenvalue weighted by Crippen LogP contribution is -2.24. The topological polar surface area (TPSA) is 41.1 Å². The molecule has 0 aliphatic rings. The predicted molar refractivity (Wildman–Crippen MR) is 108 cm³/mol. The van der Waals surface area contributed by atoms with Crippen molar-refractivity contribution in [2.75, 3.05) is 16.8 Å². The zero-order chi connectivity index (χ0) is 18.4. The van der Waals surface area contributed by atoms with Crippen molar-refractivity contribution in [3.63, 3.8) is 0 Å². The zero-order valence-electron chi connectivity index (χ0n) is 15.7. The number of anilines is 2. The van der Waals surface area contributed by atoms with E-state index in [4.69, 9.17) is 4.98 Å². The molecule has 0 aliphatic heterocycles. The van der Waals surface area contributed by atoms with Crippen molar-refractivity contribution < 1.29 is 0 Å². The second-order valence-electron chi connectivity index (χ2n) is 6.47. The molecule has 0 radical (unpaired) electrons. The van der Waals surface area contributed by atoms with Crippen molar-refractivity contribution in [3.05, 3.63) is 83.6 Å². The summed E-state index contributed by atoms with van der Waals surface area (Å²) in [4.78, 5) is 11.6. The van der Waals surface area contributed by atoms with Crippen LogP contribution in [0.5, 0.6) is 0 Å². The van der Waals surface area contributed by atoms with Crippen LogP contribution in [0, 0.1) is 6.92 Å². The van der Waals surface area contributed by atoms with Crippen LogP contribution < -0.4 is 10.2 Å². The summed E-state index contributed by atoms with van der Waals surface area (Å²) in [5, 5.41) is 3.43. The van der Waals surface area contributed by atoms with Crippen molar-refractivity contribution in [1.82, 2.24) is 9.97 Å². The predicted octanol–water partition coefficient (Wildman–Crippen LogP) is 4.98. The average Bonchev–Trinajstić information content (AvgIpc) is 2.67. The van der Waals surface area contributed by atoms with Gasteiger partial charge in [0.1, 0.15) is 5.82 Å². The quantitative estimate of drug-likeness (QED) is 0.655. The summed E-state index contributed by atoms with van der Waals surface area (Å²) >= 11 is 0. The van der Waals surface area contributed by atoms with E-state index >= 15 is 0 Å². The summed E-state index contributed by atoms with van der Waals surface area (Å²) in [6.07, 6.45) is 0. The summed E-state index contributed by atoms with van der Waals surface area (Å²) < 4.78 is 0. The summed E-state index contributed by atoms with van der Waals surface area (Å²) in [6, 6.07) is 23.0. The van der Waals surface area contributed by atoms with Crippen molar-refractivity contribution in [2.45, 2.75) is 33.4 Å². The molecule has 1 N–H and O–H groups in total. The molecular formula is C22H26N4. The third-order valence-corrected chi connectivity index (χ3v) is 4.41. The van der Waals surface area contributed by atoms with E-state index in [1.807, 2.05) is 25.1 Å². The molecule has 1 heterocycles. The monoisotopic (exact) mass is 346 g/mol. The Balaban J connectivity index is 1.80. The van der Waals surface area contributed by atoms with Gasteiger partial charge in [-0.25, -0.2) is 4.98 Å². The summed E-state index contributed by atoms with van der Waals surface area (Å²) in [6.45, 7) is 8.02. The first kappa shape index (κ1) is 17.9. The van der Waals surface area contributed by atoms with Gasteiger partial charge in [-0.05, 0) is 31.9 Å². The number of hydrogen-bond acceptors (Lipinski definition) is 4. The third-order valence-electron chi connectivity index (χ3n) is 4.41. The Morgan fingerprint density at radius 3 is 2.27 bits per heavy atom. The molecule has 1 unspecified atom stereocenters. The van der Waals surface area contributed by atoms with Crippen molar-refractivity contribution >= 4 is 11.8 Å². The highest BCUT2D eigenvalue weighted by molar-refractivity contribution is 5.46. The molecule has 1 aromatic heterocycles. The molecule has 4 nitrogen and oxygen atoms in total. The van der Waals surface area contributed by atoms with Crippen LogP contribution in [0.4, 0.5) is 11.8 Å². The highest BCUT2D eigenvalue weighted by Crippen LogP contribution is 2.21. The highest BCUT2D eigenvalue weighted by Gasteiger charge is 2.12. The van der Waals surface area contributed by atoms with Gasteiger partial charge in [-0.1, -0.05) is 60.7 Å². The Kier molecular flexibility index (Phi) is 5.84. The molecule has 4 heteroatoms. The van der Waals surface area contributed by atoms with Crippen LogP contribution >= 0.6 is 0 Å². The van der Waals surface area contributed by atoms with Crippen LogP contribution in [-0.2, 0) is 6.54 Å². The molecule has 0 bridgehead atoms. The van der Waals surface area contributed by atoms with E-state index in [1.165, 1.54) is 11.1 Å². The van der Waals surface area contributed by atoms with Gasteiger partial charge >= 0.3 is 0 Å². The van der Waals surface area contributed by atoms with Crippen molar-refractivity contribution in [3.8, 4) is 0 Å². The van der Waals surface area contributed by atoms with Gasteiger partial charge in [0.15, 0.2) is 0 Å². The van der Waals surface area contributed by atoms with Crippen LogP contribution in [-0.4, -0.2) is 16.5 Å². The number of benzene rings is 2. The van der Waals surface area contributed by atoms with Gasteiger partial charge in [0.05, 0.1) is 6.04 Å². The van der Waals surface area contributed by atoms with Gasteiger partial charge in [-0.2, -0.15) is 4.98 Å². The van der Waals surface area contributed by atoms with Gasteiger partial charge < -0.3 is 10.2 Å². The Labute approximate surface area is 155 Å². The van der Waals surface area contributed by atoms with Crippen LogP contribution in [0.25, 0.3) is 0 Å². The van der Waals surface area contributed by atoms with Gasteiger partial charge in [0, 0.05) is 24.8 Å². The molecular weight excluding hydrogens is 320 g/mol. The first-order chi connectivity index (χ1) is 12.7. The lowest BCUT2D eigenvalue weighted by atomic mass is 10.1. The normalized spacial score (nSPS) is 11.8. The van der Waals surface area contributed by atoms with Gasteiger partial charge in [0.2, 0.25) is 5.95 Å². The third kappa shape index (κ3) is 4.60. The van der Waals surface area contributed by atoms with E-state index in [-0.39, 0.29) is 6.04 Å². The fourth-order valence-corrected chi connectivity index (χ4v) is 2.96. The summed E-state index contributed by atoms with van der Waals surface area (Å²) in [5.41, 5.74) is 3.46. The molecule has 2 aromatic carbocycles. The molecule has 0 aliphatic carbocycles. The Bertz CT molecular complexity index is 818. The number of aryl methyl sites for hydroxylation is 1. The fraction of sp³-hybridized carbons (Fsp3) is 0.273. The molecule has 3 rings (SSSR count). The number of hydrogen-bond donors (Lipinski definition) is 1. The largest absolute Gasteiger partial charge is 0.352 e. The van der Waals surface area contributed by atoms with Crippen molar-refractivity contribution in [1.29, 1.82) is 0 Å². The van der Waals surface area contributed by atoms with E-state index in [2.05, 4.69) is 77.6 Å². The summed E-state index contributed by atoms with van der Waals surface area (Å²) in [7, 11) is 0. The number of nitrogens with zero attached hydrogens (tertiary/aromatic N) is 3. The van der Waals surface area contributed by atoms with E-state index in [9.17, 15) is 0 Å². The minimum atomic E-state index is 0.148. The molecule has 0 saturated carbocycles. The molecule has 3 aromatic rings. The molecule has 0 amide bonds. The Hall–Kier alpha value is -2.88. The van der Waals surface area contributed by atoms with Crippen LogP contribution in [0.2, 0.25) is 0 Å². The minimum absolute atomic E-state index is 0.148.